The van der Waals surface area contributed by atoms with Crippen LogP contribution < -0.4 is 14.8 Å². The summed E-state index contributed by atoms with van der Waals surface area (Å²) in [6.45, 7) is 4.74. The average molecular weight is 439 g/mol. The van der Waals surface area contributed by atoms with Gasteiger partial charge in [0.2, 0.25) is 15.9 Å². The van der Waals surface area contributed by atoms with Crippen LogP contribution in [0.25, 0.3) is 0 Å². The Labute approximate surface area is 177 Å². The van der Waals surface area contributed by atoms with Gasteiger partial charge in [-0.1, -0.05) is 24.9 Å². The minimum absolute atomic E-state index is 0.155. The van der Waals surface area contributed by atoms with E-state index in [9.17, 15) is 13.2 Å². The lowest BCUT2D eigenvalue weighted by atomic mass is 10.2. The van der Waals surface area contributed by atoms with E-state index < -0.39 is 10.0 Å². The first-order valence-corrected chi connectivity index (χ1v) is 11.5. The summed E-state index contributed by atoms with van der Waals surface area (Å²) in [5.41, 5.74) is 1.50. The van der Waals surface area contributed by atoms with Crippen LogP contribution in [0.4, 0.5) is 5.69 Å². The number of ether oxygens (including phenoxy) is 1. The van der Waals surface area contributed by atoms with Gasteiger partial charge in [-0.2, -0.15) is 0 Å². The monoisotopic (exact) mass is 438 g/mol. The molecule has 1 amide bonds. The number of rotatable bonds is 11. The van der Waals surface area contributed by atoms with E-state index in [2.05, 4.69) is 10.0 Å². The van der Waals surface area contributed by atoms with Crippen molar-refractivity contribution < 1.29 is 17.9 Å². The third kappa shape index (κ3) is 7.68. The predicted molar refractivity (Wildman–Crippen MR) is 116 cm³/mol. The number of amides is 1. The molecular weight excluding hydrogens is 412 g/mol. The van der Waals surface area contributed by atoms with Crippen molar-refractivity contribution in [3.8, 4) is 5.75 Å². The second-order valence-corrected chi connectivity index (χ2v) is 8.89. The molecule has 0 unspecified atom stereocenters. The molecule has 29 heavy (non-hydrogen) atoms. The highest BCUT2D eigenvalue weighted by Crippen LogP contribution is 2.22. The van der Waals surface area contributed by atoms with E-state index in [0.717, 1.165) is 24.2 Å². The van der Waals surface area contributed by atoms with E-state index in [0.29, 0.717) is 36.7 Å². The van der Waals surface area contributed by atoms with Crippen LogP contribution >= 0.6 is 11.6 Å². The number of benzene rings is 2. The molecular formula is C21H27ClN2O4S. The number of nitrogens with one attached hydrogen (secondary N) is 2. The van der Waals surface area contributed by atoms with E-state index >= 15 is 0 Å². The summed E-state index contributed by atoms with van der Waals surface area (Å²) in [4.78, 5) is 12.3. The predicted octanol–water partition coefficient (Wildman–Crippen LogP) is 4.52. The molecule has 2 aromatic carbocycles. The number of halogens is 1. The van der Waals surface area contributed by atoms with Gasteiger partial charge < -0.3 is 10.1 Å². The molecule has 0 bridgehead atoms. The summed E-state index contributed by atoms with van der Waals surface area (Å²) in [5.74, 6) is 0.595. The second-order valence-electron chi connectivity index (χ2n) is 6.69. The lowest BCUT2D eigenvalue weighted by Gasteiger charge is -2.10. The van der Waals surface area contributed by atoms with Gasteiger partial charge in [0.15, 0.2) is 0 Å². The third-order valence-electron chi connectivity index (χ3n) is 4.21. The fraction of sp³-hybridized carbons (Fsp3) is 0.381. The first-order chi connectivity index (χ1) is 13.8. The molecule has 0 saturated carbocycles. The summed E-state index contributed by atoms with van der Waals surface area (Å²) in [5, 5.41) is 3.42. The fourth-order valence-corrected chi connectivity index (χ4v) is 3.90. The maximum absolute atomic E-state index is 12.2. The van der Waals surface area contributed by atoms with Gasteiger partial charge in [0.1, 0.15) is 5.75 Å². The van der Waals surface area contributed by atoms with Gasteiger partial charge in [0.05, 0.1) is 11.5 Å². The van der Waals surface area contributed by atoms with Crippen LogP contribution in [0.5, 0.6) is 5.75 Å². The smallest absolute Gasteiger partial charge is 0.240 e. The Balaban J connectivity index is 1.77. The molecule has 8 heteroatoms. The Morgan fingerprint density at radius 1 is 1.10 bits per heavy atom. The lowest BCUT2D eigenvalue weighted by molar-refractivity contribution is -0.116. The van der Waals surface area contributed by atoms with Crippen LogP contribution in [0.1, 0.15) is 38.2 Å². The molecule has 0 spiro atoms. The summed E-state index contributed by atoms with van der Waals surface area (Å²) in [7, 11) is -3.52. The van der Waals surface area contributed by atoms with E-state index in [1.807, 2.05) is 26.0 Å². The van der Waals surface area contributed by atoms with Crippen molar-refractivity contribution in [2.45, 2.75) is 44.4 Å². The van der Waals surface area contributed by atoms with Crippen LogP contribution in [0.15, 0.2) is 47.4 Å². The summed E-state index contributed by atoms with van der Waals surface area (Å²) >= 11 is 5.91. The molecule has 0 saturated heterocycles. The van der Waals surface area contributed by atoms with Gasteiger partial charge in [-0.05, 0) is 67.8 Å². The molecule has 0 aliphatic heterocycles. The molecule has 0 aliphatic rings. The van der Waals surface area contributed by atoms with Gasteiger partial charge >= 0.3 is 0 Å². The first kappa shape index (κ1) is 23.2. The number of carbonyl (C=O) groups excluding carboxylic acids is 1. The van der Waals surface area contributed by atoms with Crippen molar-refractivity contribution >= 4 is 33.2 Å². The van der Waals surface area contributed by atoms with Crippen LogP contribution in [0.2, 0.25) is 5.02 Å². The van der Waals surface area contributed by atoms with Gasteiger partial charge in [-0.25, -0.2) is 13.1 Å². The zero-order valence-corrected chi connectivity index (χ0v) is 18.3. The molecule has 0 aromatic heterocycles. The molecule has 0 fully saturated rings. The van der Waals surface area contributed by atoms with Crippen LogP contribution in [-0.4, -0.2) is 27.5 Å². The van der Waals surface area contributed by atoms with E-state index in [4.69, 9.17) is 16.3 Å². The Morgan fingerprint density at radius 3 is 2.48 bits per heavy atom. The van der Waals surface area contributed by atoms with Gasteiger partial charge in [0, 0.05) is 23.7 Å². The molecule has 0 radical (unpaired) electrons. The number of hydrogen-bond donors (Lipinski definition) is 2. The zero-order valence-electron chi connectivity index (χ0n) is 16.7. The number of unbranched alkanes of at least 4 members (excludes halogenated alkanes) is 1. The highest BCUT2D eigenvalue weighted by atomic mass is 35.5. The topological polar surface area (TPSA) is 84.5 Å². The number of carbonyl (C=O) groups is 1. The Kier molecular flexibility index (Phi) is 8.95. The van der Waals surface area contributed by atoms with Crippen molar-refractivity contribution in [1.29, 1.82) is 0 Å². The van der Waals surface area contributed by atoms with Crippen LogP contribution in [0.3, 0.4) is 0 Å². The van der Waals surface area contributed by atoms with Gasteiger partial charge in [-0.3, -0.25) is 4.79 Å². The zero-order chi connectivity index (χ0) is 21.3. The maximum atomic E-state index is 12.2. The molecule has 2 rings (SSSR count). The summed E-state index contributed by atoms with van der Waals surface area (Å²) in [6, 6.07) is 11.5. The van der Waals surface area contributed by atoms with Crippen molar-refractivity contribution in [2.75, 3.05) is 18.5 Å². The summed E-state index contributed by atoms with van der Waals surface area (Å²) < 4.78 is 32.5. The number of aryl methyl sites for hydroxylation is 1. The molecule has 2 N–H and O–H groups in total. The molecule has 0 aliphatic carbocycles. The Morgan fingerprint density at radius 2 is 1.83 bits per heavy atom. The molecule has 158 valence electrons. The quantitative estimate of drug-likeness (QED) is 0.505. The number of anilines is 1. The Hall–Kier alpha value is -2.09. The van der Waals surface area contributed by atoms with E-state index in [-0.39, 0.29) is 10.8 Å². The standard InChI is InChI=1S/C21H27ClN2O4S/c1-3-4-13-23-29(26,27)19-10-8-18(9-11-19)24-21(25)6-5-14-28-20-12-7-17(22)15-16(20)2/h7-12,15,23H,3-6,13-14H2,1-2H3,(H,24,25). The van der Waals surface area contributed by atoms with Gasteiger partial charge in [0.25, 0.3) is 0 Å². The largest absolute Gasteiger partial charge is 0.493 e. The lowest BCUT2D eigenvalue weighted by Crippen LogP contribution is -2.24. The maximum Gasteiger partial charge on any atom is 0.240 e. The van der Waals surface area contributed by atoms with Crippen molar-refractivity contribution in [1.82, 2.24) is 4.72 Å². The van der Waals surface area contributed by atoms with Gasteiger partial charge in [-0.15, -0.1) is 0 Å². The minimum atomic E-state index is -3.52. The van der Waals surface area contributed by atoms with Crippen molar-refractivity contribution in [3.63, 3.8) is 0 Å². The normalized spacial score (nSPS) is 11.3. The first-order valence-electron chi connectivity index (χ1n) is 9.60. The van der Waals surface area contributed by atoms with E-state index in [1.165, 1.54) is 12.1 Å². The SMILES string of the molecule is CCCCNS(=O)(=O)c1ccc(NC(=O)CCCOc2ccc(Cl)cc2C)cc1. The second kappa shape index (κ2) is 11.2. The van der Waals surface area contributed by atoms with Crippen LogP contribution in [0, 0.1) is 6.92 Å². The highest BCUT2D eigenvalue weighted by Gasteiger charge is 2.13. The third-order valence-corrected chi connectivity index (χ3v) is 5.93. The molecule has 0 atom stereocenters. The van der Waals surface area contributed by atoms with Crippen molar-refractivity contribution in [3.05, 3.63) is 53.1 Å². The molecule has 2 aromatic rings. The fourth-order valence-electron chi connectivity index (χ4n) is 2.60. The number of sulfonamides is 1. The highest BCUT2D eigenvalue weighted by molar-refractivity contribution is 7.89. The Bertz CT molecular complexity index is 915. The molecule has 6 nitrogen and oxygen atoms in total. The average Bonchev–Trinajstić information content (AvgIpc) is 2.67. The number of hydrogen-bond acceptors (Lipinski definition) is 4. The van der Waals surface area contributed by atoms with Crippen LogP contribution in [-0.2, 0) is 14.8 Å². The summed E-state index contributed by atoms with van der Waals surface area (Å²) in [6.07, 6.45) is 2.56. The molecule has 0 heterocycles. The van der Waals surface area contributed by atoms with E-state index in [1.54, 1.807) is 18.2 Å². The van der Waals surface area contributed by atoms with Crippen molar-refractivity contribution in [2.24, 2.45) is 0 Å². The minimum Gasteiger partial charge on any atom is -0.493 e.